The zero-order valence-electron chi connectivity index (χ0n) is 8.73. The molecule has 0 aliphatic carbocycles. The van der Waals surface area contributed by atoms with E-state index in [-0.39, 0.29) is 13.0 Å². The van der Waals surface area contributed by atoms with Crippen molar-refractivity contribution in [2.45, 2.75) is 6.42 Å². The normalized spacial score (nSPS) is 9.41. The lowest BCUT2D eigenvalue weighted by molar-refractivity contribution is -0.128. The van der Waals surface area contributed by atoms with Crippen LogP contribution in [-0.2, 0) is 20.8 Å². The van der Waals surface area contributed by atoms with Crippen LogP contribution < -0.4 is 21.9 Å². The number of nitrogens with two attached hydrogens (primary N) is 1. The van der Waals surface area contributed by atoms with Gasteiger partial charge in [0.05, 0.1) is 18.7 Å². The predicted molar refractivity (Wildman–Crippen MR) is 60.6 cm³/mol. The smallest absolute Gasteiger partial charge is 0.257 e. The van der Waals surface area contributed by atoms with Crippen LogP contribution in [0.2, 0.25) is 0 Å². The molecule has 9 heteroatoms. The Hall–Kier alpha value is -2.16. The molecule has 0 saturated heterocycles. The monoisotopic (exact) mass is 257 g/mol. The summed E-state index contributed by atoms with van der Waals surface area (Å²) in [6.07, 6.45) is 0.411. The van der Waals surface area contributed by atoms with Gasteiger partial charge in [0.15, 0.2) is 5.13 Å². The van der Waals surface area contributed by atoms with Crippen LogP contribution in [0.1, 0.15) is 5.69 Å². The van der Waals surface area contributed by atoms with Gasteiger partial charge in [-0.25, -0.2) is 4.98 Å². The van der Waals surface area contributed by atoms with Gasteiger partial charge in [-0.3, -0.25) is 25.2 Å². The molecule has 5 N–H and O–H groups in total. The Kier molecular flexibility index (Phi) is 4.88. The van der Waals surface area contributed by atoms with E-state index in [9.17, 15) is 14.4 Å². The maximum Gasteiger partial charge on any atom is 0.257 e. The SMILES string of the molecule is Nc1nc(CC(=O)NNC(=O)CNC=O)cs1. The predicted octanol–water partition coefficient (Wildman–Crippen LogP) is -1.84. The first-order valence-corrected chi connectivity index (χ1v) is 5.44. The molecule has 92 valence electrons. The van der Waals surface area contributed by atoms with Gasteiger partial charge in [0, 0.05) is 5.38 Å². The second kappa shape index (κ2) is 6.43. The summed E-state index contributed by atoms with van der Waals surface area (Å²) in [4.78, 5) is 36.1. The summed E-state index contributed by atoms with van der Waals surface area (Å²) in [5.74, 6) is -0.946. The Morgan fingerprint density at radius 2 is 2.12 bits per heavy atom. The van der Waals surface area contributed by atoms with E-state index in [1.165, 1.54) is 11.3 Å². The zero-order valence-corrected chi connectivity index (χ0v) is 9.54. The molecule has 0 radical (unpaired) electrons. The molecule has 17 heavy (non-hydrogen) atoms. The first kappa shape index (κ1) is 12.9. The first-order chi connectivity index (χ1) is 8.11. The quantitative estimate of drug-likeness (QED) is 0.364. The van der Waals surface area contributed by atoms with Crippen molar-refractivity contribution >= 4 is 34.7 Å². The third-order valence-corrected chi connectivity index (χ3v) is 2.32. The maximum absolute atomic E-state index is 11.3. The number of carbonyl (C=O) groups is 3. The highest BCUT2D eigenvalue weighted by Gasteiger charge is 2.07. The molecular formula is C8H11N5O3S. The maximum atomic E-state index is 11.3. The minimum absolute atomic E-state index is 0.0229. The summed E-state index contributed by atoms with van der Waals surface area (Å²) in [5, 5.41) is 4.19. The number of thiazole rings is 1. The van der Waals surface area contributed by atoms with Crippen LogP contribution >= 0.6 is 11.3 Å². The second-order valence-electron chi connectivity index (χ2n) is 2.95. The van der Waals surface area contributed by atoms with Crippen molar-refractivity contribution in [1.82, 2.24) is 21.2 Å². The highest BCUT2D eigenvalue weighted by atomic mass is 32.1. The average Bonchev–Trinajstić information content (AvgIpc) is 2.69. The fourth-order valence-electron chi connectivity index (χ4n) is 0.931. The summed E-state index contributed by atoms with van der Waals surface area (Å²) in [5.41, 5.74) is 10.2. The fraction of sp³-hybridized carbons (Fsp3) is 0.250. The average molecular weight is 257 g/mol. The first-order valence-electron chi connectivity index (χ1n) is 4.56. The van der Waals surface area contributed by atoms with Crippen molar-refractivity contribution in [2.24, 2.45) is 0 Å². The molecule has 0 aliphatic heterocycles. The lowest BCUT2D eigenvalue weighted by Crippen LogP contribution is -2.45. The van der Waals surface area contributed by atoms with Crippen molar-refractivity contribution in [1.29, 1.82) is 0 Å². The number of nitrogens with one attached hydrogen (secondary N) is 3. The molecule has 0 fully saturated rings. The molecular weight excluding hydrogens is 246 g/mol. The van der Waals surface area contributed by atoms with Gasteiger partial charge in [0.25, 0.3) is 5.91 Å². The number of anilines is 1. The zero-order chi connectivity index (χ0) is 12.7. The van der Waals surface area contributed by atoms with Gasteiger partial charge in [-0.15, -0.1) is 11.3 Å². The van der Waals surface area contributed by atoms with Crippen LogP contribution in [0.3, 0.4) is 0 Å². The number of nitrogen functional groups attached to an aromatic ring is 1. The molecule has 1 aromatic heterocycles. The number of aromatic nitrogens is 1. The van der Waals surface area contributed by atoms with Crippen LogP contribution in [-0.4, -0.2) is 29.8 Å². The Bertz CT molecular complexity index is 419. The third kappa shape index (κ3) is 4.93. The number of hydrogen-bond donors (Lipinski definition) is 4. The molecule has 8 nitrogen and oxygen atoms in total. The summed E-state index contributed by atoms with van der Waals surface area (Å²) in [6.45, 7) is -0.201. The molecule has 0 atom stereocenters. The van der Waals surface area contributed by atoms with Gasteiger partial charge in [0.1, 0.15) is 0 Å². The molecule has 0 saturated carbocycles. The Morgan fingerprint density at radius 3 is 2.71 bits per heavy atom. The molecule has 0 aliphatic rings. The Balaban J connectivity index is 2.25. The van der Waals surface area contributed by atoms with Gasteiger partial charge in [0.2, 0.25) is 12.3 Å². The lowest BCUT2D eigenvalue weighted by atomic mass is 10.3. The fourth-order valence-corrected chi connectivity index (χ4v) is 1.49. The topological polar surface area (TPSA) is 126 Å². The van der Waals surface area contributed by atoms with E-state index >= 15 is 0 Å². The summed E-state index contributed by atoms with van der Waals surface area (Å²) >= 11 is 1.23. The molecule has 1 aromatic rings. The van der Waals surface area contributed by atoms with Crippen LogP contribution in [0.4, 0.5) is 5.13 Å². The molecule has 0 aromatic carbocycles. The molecule has 0 unspecified atom stereocenters. The Morgan fingerprint density at radius 1 is 1.41 bits per heavy atom. The van der Waals surface area contributed by atoms with Crippen molar-refractivity contribution < 1.29 is 14.4 Å². The van der Waals surface area contributed by atoms with Crippen LogP contribution in [0.5, 0.6) is 0 Å². The second-order valence-corrected chi connectivity index (χ2v) is 3.84. The van der Waals surface area contributed by atoms with E-state index in [0.717, 1.165) is 0 Å². The molecule has 0 spiro atoms. The minimum Gasteiger partial charge on any atom is -0.375 e. The number of amides is 3. The van der Waals surface area contributed by atoms with Gasteiger partial charge in [-0.1, -0.05) is 0 Å². The van der Waals surface area contributed by atoms with E-state index in [1.54, 1.807) is 5.38 Å². The molecule has 0 bridgehead atoms. The number of rotatable bonds is 5. The molecule has 1 rings (SSSR count). The van der Waals surface area contributed by atoms with E-state index in [0.29, 0.717) is 17.2 Å². The largest absolute Gasteiger partial charge is 0.375 e. The Labute approximate surface area is 101 Å². The number of hydrogen-bond acceptors (Lipinski definition) is 6. The number of carbonyl (C=O) groups excluding carboxylic acids is 3. The van der Waals surface area contributed by atoms with Crippen molar-refractivity contribution in [3.05, 3.63) is 11.1 Å². The van der Waals surface area contributed by atoms with Crippen LogP contribution in [0.15, 0.2) is 5.38 Å². The number of hydrazine groups is 1. The van der Waals surface area contributed by atoms with Crippen LogP contribution in [0, 0.1) is 0 Å². The van der Waals surface area contributed by atoms with E-state index in [4.69, 9.17) is 5.73 Å². The van der Waals surface area contributed by atoms with E-state index in [1.807, 2.05) is 0 Å². The van der Waals surface area contributed by atoms with Crippen molar-refractivity contribution in [3.63, 3.8) is 0 Å². The van der Waals surface area contributed by atoms with E-state index in [2.05, 4.69) is 21.2 Å². The van der Waals surface area contributed by atoms with Crippen LogP contribution in [0.25, 0.3) is 0 Å². The van der Waals surface area contributed by atoms with Gasteiger partial charge in [-0.2, -0.15) is 0 Å². The van der Waals surface area contributed by atoms with Crippen molar-refractivity contribution in [3.8, 4) is 0 Å². The standard InChI is InChI=1S/C8H11N5O3S/c9-8-11-5(3-17-8)1-6(15)12-13-7(16)2-10-4-14/h3-4H,1-2H2,(H2,9,11)(H,10,14)(H,12,15)(H,13,16). The summed E-state index contributed by atoms with van der Waals surface area (Å²) < 4.78 is 0. The van der Waals surface area contributed by atoms with Gasteiger partial charge < -0.3 is 11.1 Å². The van der Waals surface area contributed by atoms with E-state index < -0.39 is 11.8 Å². The minimum atomic E-state index is -0.525. The summed E-state index contributed by atoms with van der Waals surface area (Å²) in [7, 11) is 0. The number of nitrogens with zero attached hydrogens (tertiary/aromatic N) is 1. The summed E-state index contributed by atoms with van der Waals surface area (Å²) in [6, 6.07) is 0. The van der Waals surface area contributed by atoms with Gasteiger partial charge in [-0.05, 0) is 0 Å². The lowest BCUT2D eigenvalue weighted by Gasteiger charge is -2.05. The van der Waals surface area contributed by atoms with Crippen molar-refractivity contribution in [2.75, 3.05) is 12.3 Å². The highest BCUT2D eigenvalue weighted by Crippen LogP contribution is 2.10. The van der Waals surface area contributed by atoms with Gasteiger partial charge >= 0.3 is 0 Å². The highest BCUT2D eigenvalue weighted by molar-refractivity contribution is 7.13. The third-order valence-electron chi connectivity index (χ3n) is 1.60. The molecule has 3 amide bonds. The molecule has 1 heterocycles.